The molecule has 0 heterocycles. The second-order valence-corrected chi connectivity index (χ2v) is 17.5. The lowest BCUT2D eigenvalue weighted by atomic mass is 10.1. The van der Waals surface area contributed by atoms with Crippen LogP contribution in [0.3, 0.4) is 0 Å². The maximum absolute atomic E-state index is 13.7. The molecule has 0 unspecified atom stereocenters. The van der Waals surface area contributed by atoms with Gasteiger partial charge in [0.15, 0.2) is 0 Å². The first kappa shape index (κ1) is 42.5. The number of hydrogen-bond acceptors (Lipinski definition) is 6. The molecule has 0 aliphatic rings. The maximum Gasteiger partial charge on any atom is 0.504 e. The van der Waals surface area contributed by atoms with Crippen LogP contribution in [-0.2, 0) is 19.7 Å². The van der Waals surface area contributed by atoms with Crippen LogP contribution in [0.1, 0.15) is 152 Å². The highest BCUT2D eigenvalue weighted by Gasteiger charge is 2.44. The summed E-state index contributed by atoms with van der Waals surface area (Å²) < 4.78 is 65.4. The first-order valence-electron chi connectivity index (χ1n) is 18.6. The van der Waals surface area contributed by atoms with Crippen molar-refractivity contribution in [1.29, 1.82) is 0 Å². The van der Waals surface area contributed by atoms with Crippen molar-refractivity contribution in [2.45, 2.75) is 167 Å². The van der Waals surface area contributed by atoms with Crippen LogP contribution in [0.2, 0.25) is 0 Å². The molecule has 0 bridgehead atoms. The van der Waals surface area contributed by atoms with Gasteiger partial charge in [-0.15, -0.1) is 4.79 Å². The van der Waals surface area contributed by atoms with Gasteiger partial charge in [0.2, 0.25) is 0 Å². The highest BCUT2D eigenvalue weighted by Crippen LogP contribution is 2.32. The van der Waals surface area contributed by atoms with Crippen molar-refractivity contribution in [3.8, 4) is 11.5 Å². The third-order valence-electron chi connectivity index (χ3n) is 9.02. The van der Waals surface area contributed by atoms with E-state index >= 15 is 0 Å². The average molecular weight is 719 g/mol. The summed E-state index contributed by atoms with van der Waals surface area (Å²) in [5.74, 6) is 1.15. The molecular weight excluding hydrogens is 657 g/mol. The van der Waals surface area contributed by atoms with E-state index in [2.05, 4.69) is 18.6 Å². The fourth-order valence-electron chi connectivity index (χ4n) is 6.21. The Morgan fingerprint density at radius 2 is 0.776 bits per heavy atom. The van der Waals surface area contributed by atoms with Gasteiger partial charge in [-0.1, -0.05) is 117 Å². The van der Waals surface area contributed by atoms with Gasteiger partial charge in [-0.3, -0.25) is 0 Å². The second kappa shape index (κ2) is 22.2. The fourth-order valence-corrected chi connectivity index (χ4v) is 9.89. The summed E-state index contributed by atoms with van der Waals surface area (Å²) >= 11 is 0. The Morgan fingerprint density at radius 3 is 1.04 bits per heavy atom. The first-order valence-corrected chi connectivity index (χ1v) is 21.6. The number of aryl methyl sites for hydroxylation is 4. The SMILES string of the molecule is CCCCCCCCCCCOc1c(C)cc(S(=O)(=O)C(=[N+]=[N-])S(=O)(=O)c2cc(C)c(OCCCCCCCCCCC)c(C)c2)cc1C. The van der Waals surface area contributed by atoms with Crippen LogP contribution in [0.5, 0.6) is 11.5 Å². The van der Waals surface area contributed by atoms with Gasteiger partial charge in [0.1, 0.15) is 11.5 Å². The molecule has 0 N–H and O–H groups in total. The number of rotatable bonds is 24. The summed E-state index contributed by atoms with van der Waals surface area (Å²) in [5.41, 5.74) is 12.0. The van der Waals surface area contributed by atoms with Gasteiger partial charge in [-0.25, -0.2) is 16.8 Å². The topological polar surface area (TPSA) is 123 Å². The zero-order chi connectivity index (χ0) is 36.3. The van der Waals surface area contributed by atoms with Gasteiger partial charge in [0.25, 0.3) is 19.7 Å². The van der Waals surface area contributed by atoms with Crippen LogP contribution in [-0.4, -0.2) is 39.2 Å². The number of sulfone groups is 2. The third-order valence-corrected chi connectivity index (χ3v) is 13.1. The number of benzene rings is 2. The van der Waals surface area contributed by atoms with Crippen LogP contribution in [0, 0.1) is 27.7 Å². The molecule has 49 heavy (non-hydrogen) atoms. The van der Waals surface area contributed by atoms with E-state index in [1.807, 2.05) is 0 Å². The van der Waals surface area contributed by atoms with E-state index in [9.17, 15) is 22.4 Å². The minimum Gasteiger partial charge on any atom is -0.493 e. The van der Waals surface area contributed by atoms with Crippen molar-refractivity contribution in [3.63, 3.8) is 0 Å². The molecule has 2 rings (SSSR count). The van der Waals surface area contributed by atoms with Crippen molar-refractivity contribution in [3.05, 3.63) is 52.1 Å². The van der Waals surface area contributed by atoms with Crippen LogP contribution in [0.25, 0.3) is 5.53 Å². The summed E-state index contributed by atoms with van der Waals surface area (Å²) in [4.78, 5) is 2.29. The predicted octanol–water partition coefficient (Wildman–Crippen LogP) is 10.6. The standard InChI is InChI=1S/C39H62N2O6S2/c1-7-9-11-13-15-17-19-21-23-25-46-37-31(3)27-35(28-32(37)4)48(42,43)39(41-40)49(44,45)36-29-33(5)38(34(6)30-36)47-26-24-22-20-18-16-14-12-10-8-2/h27-30H,7-26H2,1-6H3. The maximum atomic E-state index is 13.7. The molecule has 0 saturated heterocycles. The lowest BCUT2D eigenvalue weighted by Crippen LogP contribution is -2.26. The molecular formula is C39H62N2O6S2. The van der Waals surface area contributed by atoms with Crippen molar-refractivity contribution >= 4 is 24.1 Å². The minimum absolute atomic E-state index is 0.274. The molecule has 0 aromatic heterocycles. The highest BCUT2D eigenvalue weighted by atomic mass is 32.3. The highest BCUT2D eigenvalue weighted by molar-refractivity contribution is 8.31. The van der Waals surface area contributed by atoms with E-state index < -0.39 is 24.1 Å². The zero-order valence-corrected chi connectivity index (χ0v) is 32.7. The predicted molar refractivity (Wildman–Crippen MR) is 200 cm³/mol. The fraction of sp³-hybridized carbons (Fsp3) is 0.667. The third kappa shape index (κ3) is 13.5. The zero-order valence-electron chi connectivity index (χ0n) is 31.1. The molecule has 8 nitrogen and oxygen atoms in total. The van der Waals surface area contributed by atoms with E-state index in [1.54, 1.807) is 27.7 Å². The number of nitrogens with zero attached hydrogens (tertiary/aromatic N) is 2. The number of ether oxygens (including phenoxy) is 2. The summed E-state index contributed by atoms with van der Waals surface area (Å²) in [7, 11) is -9.41. The Bertz CT molecular complexity index is 1420. The van der Waals surface area contributed by atoms with Gasteiger partial charge in [-0.2, -0.15) is 0 Å². The van der Waals surface area contributed by atoms with Crippen LogP contribution < -0.4 is 9.47 Å². The van der Waals surface area contributed by atoms with Gasteiger partial charge >= 0.3 is 4.38 Å². The Morgan fingerprint density at radius 1 is 0.510 bits per heavy atom. The van der Waals surface area contributed by atoms with E-state index in [4.69, 9.17) is 9.47 Å². The Labute approximate surface area is 297 Å². The molecule has 0 amide bonds. The van der Waals surface area contributed by atoms with Crippen molar-refractivity contribution in [2.75, 3.05) is 13.2 Å². The Hall–Kier alpha value is -2.68. The van der Waals surface area contributed by atoms with Crippen LogP contribution in [0.4, 0.5) is 0 Å². The largest absolute Gasteiger partial charge is 0.504 e. The van der Waals surface area contributed by atoms with Gasteiger partial charge in [-0.05, 0) is 87.1 Å². The molecule has 0 saturated carbocycles. The molecule has 0 aliphatic heterocycles. The van der Waals surface area contributed by atoms with E-state index in [0.717, 1.165) is 38.5 Å². The summed E-state index contributed by atoms with van der Waals surface area (Å²) in [6.07, 6.45) is 21.6. The molecule has 0 radical (unpaired) electrons. The molecule has 0 atom stereocenters. The average Bonchev–Trinajstić information content (AvgIpc) is 3.04. The number of hydrogen-bond donors (Lipinski definition) is 0. The van der Waals surface area contributed by atoms with Gasteiger partial charge in [0, 0.05) is 0 Å². The summed E-state index contributed by atoms with van der Waals surface area (Å²) in [6.45, 7) is 12.4. The number of unbranched alkanes of at least 4 members (excludes halogenated alkanes) is 16. The lowest BCUT2D eigenvalue weighted by molar-refractivity contribution is 0.00380. The second-order valence-electron chi connectivity index (χ2n) is 13.5. The van der Waals surface area contributed by atoms with Crippen molar-refractivity contribution in [2.24, 2.45) is 0 Å². The molecule has 0 fully saturated rings. The molecule has 2 aromatic rings. The van der Waals surface area contributed by atoms with Gasteiger partial charge in [0.05, 0.1) is 23.0 Å². The van der Waals surface area contributed by atoms with Crippen molar-refractivity contribution < 1.29 is 31.1 Å². The van der Waals surface area contributed by atoms with Crippen molar-refractivity contribution in [1.82, 2.24) is 0 Å². The Balaban J connectivity index is 2.04. The minimum atomic E-state index is -4.71. The van der Waals surface area contributed by atoms with E-state index in [0.29, 0.717) is 47.0 Å². The van der Waals surface area contributed by atoms with E-state index in [1.165, 1.54) is 101 Å². The molecule has 0 aliphatic carbocycles. The van der Waals surface area contributed by atoms with Crippen LogP contribution in [0.15, 0.2) is 34.1 Å². The first-order chi connectivity index (χ1) is 23.4. The Kier molecular flexibility index (Phi) is 19.3. The molecule has 276 valence electrons. The van der Waals surface area contributed by atoms with Crippen LogP contribution >= 0.6 is 0 Å². The quantitative estimate of drug-likeness (QED) is 0.0350. The molecule has 0 spiro atoms. The summed E-state index contributed by atoms with van der Waals surface area (Å²) in [5, 5.41) is 0. The lowest BCUT2D eigenvalue weighted by Gasteiger charge is -2.15. The smallest absolute Gasteiger partial charge is 0.493 e. The molecule has 2 aromatic carbocycles. The van der Waals surface area contributed by atoms with Gasteiger partial charge < -0.3 is 15.0 Å². The molecule has 10 heteroatoms. The normalized spacial score (nSPS) is 11.8. The van der Waals surface area contributed by atoms with E-state index in [-0.39, 0.29) is 9.79 Å². The summed E-state index contributed by atoms with van der Waals surface area (Å²) in [6, 6.07) is 5.48. The monoisotopic (exact) mass is 718 g/mol.